The number of carbonyl (C=O) groups excluding carboxylic acids is 1. The molecule has 7 heteroatoms. The minimum absolute atomic E-state index is 0.0290. The Morgan fingerprint density at radius 3 is 2.92 bits per heavy atom. The van der Waals surface area contributed by atoms with Gasteiger partial charge in [-0.3, -0.25) is 4.79 Å². The van der Waals surface area contributed by atoms with Gasteiger partial charge in [0.15, 0.2) is 0 Å². The van der Waals surface area contributed by atoms with Crippen molar-refractivity contribution in [2.45, 2.75) is 0 Å². The minimum atomic E-state index is -0.571. The minimum Gasteiger partial charge on any atom is -0.508 e. The first-order valence-corrected chi connectivity index (χ1v) is 7.06. The lowest BCUT2D eigenvalue weighted by molar-refractivity contribution is -0.112. The molecule has 118 valence electrons. The van der Waals surface area contributed by atoms with Crippen LogP contribution in [0, 0.1) is 11.3 Å². The number of aromatic hydroxyl groups is 1. The zero-order valence-corrected chi connectivity index (χ0v) is 12.4. The zero-order chi connectivity index (χ0) is 16.9. The van der Waals surface area contributed by atoms with Crippen molar-refractivity contribution in [2.75, 3.05) is 10.6 Å². The molecule has 1 aromatic heterocycles. The van der Waals surface area contributed by atoms with E-state index in [0.717, 1.165) is 11.0 Å². The number of phenolic OH excluding ortho intramolecular Hbond substituents is 1. The predicted octanol–water partition coefficient (Wildman–Crippen LogP) is 2.73. The molecule has 7 nitrogen and oxygen atoms in total. The van der Waals surface area contributed by atoms with E-state index in [-0.39, 0.29) is 11.3 Å². The molecule has 24 heavy (non-hydrogen) atoms. The Morgan fingerprint density at radius 2 is 2.12 bits per heavy atom. The molecule has 0 saturated carbocycles. The van der Waals surface area contributed by atoms with Crippen LogP contribution in [0.15, 0.2) is 60.6 Å². The van der Waals surface area contributed by atoms with Crippen LogP contribution in [0.3, 0.4) is 0 Å². The van der Waals surface area contributed by atoms with Crippen LogP contribution < -0.4 is 10.6 Å². The smallest absolute Gasteiger partial charge is 0.267 e. The summed E-state index contributed by atoms with van der Waals surface area (Å²) >= 11 is 0. The lowest BCUT2D eigenvalue weighted by Crippen LogP contribution is -2.14. The Hall–Kier alpha value is -3.79. The SMILES string of the molecule is N#C/C(=C/Nc1ccc2nc[nH]c2c1)C(=O)Nc1cccc(O)c1. The van der Waals surface area contributed by atoms with E-state index in [2.05, 4.69) is 20.6 Å². The highest BCUT2D eigenvalue weighted by molar-refractivity contribution is 6.06. The first kappa shape index (κ1) is 15.1. The van der Waals surface area contributed by atoms with Crippen LogP contribution in [-0.4, -0.2) is 21.0 Å². The average molecular weight is 319 g/mol. The number of aromatic nitrogens is 2. The largest absolute Gasteiger partial charge is 0.508 e. The highest BCUT2D eigenvalue weighted by Crippen LogP contribution is 2.17. The molecule has 2 aromatic carbocycles. The molecule has 0 spiro atoms. The van der Waals surface area contributed by atoms with Crippen molar-refractivity contribution >= 4 is 28.3 Å². The summed E-state index contributed by atoms with van der Waals surface area (Å²) in [4.78, 5) is 19.2. The fourth-order valence-electron chi connectivity index (χ4n) is 2.11. The van der Waals surface area contributed by atoms with Crippen molar-refractivity contribution in [3.8, 4) is 11.8 Å². The number of imidazole rings is 1. The van der Waals surface area contributed by atoms with Crippen molar-refractivity contribution in [1.29, 1.82) is 5.26 Å². The fraction of sp³-hybridized carbons (Fsp3) is 0. The number of rotatable bonds is 4. The van der Waals surface area contributed by atoms with Crippen LogP contribution in [0.4, 0.5) is 11.4 Å². The molecule has 1 amide bonds. The molecule has 0 bridgehead atoms. The quantitative estimate of drug-likeness (QED) is 0.436. The van der Waals surface area contributed by atoms with Crippen LogP contribution in [0.5, 0.6) is 5.75 Å². The second kappa shape index (κ2) is 6.54. The number of benzene rings is 2. The Kier molecular flexibility index (Phi) is 4.12. The van der Waals surface area contributed by atoms with Crippen molar-refractivity contribution in [3.63, 3.8) is 0 Å². The second-order valence-corrected chi connectivity index (χ2v) is 4.95. The summed E-state index contributed by atoms with van der Waals surface area (Å²) in [5, 5.41) is 24.0. The number of anilines is 2. The van der Waals surface area contributed by atoms with Gasteiger partial charge in [0.1, 0.15) is 17.4 Å². The van der Waals surface area contributed by atoms with E-state index >= 15 is 0 Å². The van der Waals surface area contributed by atoms with Crippen LogP contribution >= 0.6 is 0 Å². The number of hydrogen-bond acceptors (Lipinski definition) is 5. The maximum absolute atomic E-state index is 12.1. The molecule has 1 heterocycles. The van der Waals surface area contributed by atoms with Crippen molar-refractivity contribution in [3.05, 3.63) is 60.6 Å². The number of fused-ring (bicyclic) bond motifs is 1. The standard InChI is InChI=1S/C17H13N5O2/c18-8-11(17(24)22-13-2-1-3-14(23)6-13)9-19-12-4-5-15-16(7-12)21-10-20-15/h1-7,9-10,19,23H,(H,20,21)(H,22,24)/b11-9-. The van der Waals surface area contributed by atoms with Crippen molar-refractivity contribution in [2.24, 2.45) is 0 Å². The highest BCUT2D eigenvalue weighted by atomic mass is 16.3. The van der Waals surface area contributed by atoms with Gasteiger partial charge in [0.2, 0.25) is 0 Å². The number of phenols is 1. The van der Waals surface area contributed by atoms with Crippen LogP contribution in [0.1, 0.15) is 0 Å². The Morgan fingerprint density at radius 1 is 1.25 bits per heavy atom. The normalized spacial score (nSPS) is 11.0. The van der Waals surface area contributed by atoms with E-state index in [0.29, 0.717) is 11.4 Å². The highest BCUT2D eigenvalue weighted by Gasteiger charge is 2.09. The summed E-state index contributed by atoms with van der Waals surface area (Å²) in [7, 11) is 0. The monoisotopic (exact) mass is 319 g/mol. The first-order chi connectivity index (χ1) is 11.7. The van der Waals surface area contributed by atoms with Gasteiger partial charge in [0, 0.05) is 23.6 Å². The topological polar surface area (TPSA) is 114 Å². The van der Waals surface area contributed by atoms with Gasteiger partial charge in [-0.05, 0) is 30.3 Å². The lowest BCUT2D eigenvalue weighted by Gasteiger charge is -2.05. The third-order valence-corrected chi connectivity index (χ3v) is 3.27. The summed E-state index contributed by atoms with van der Waals surface area (Å²) in [6, 6.07) is 13.4. The molecule has 0 unspecified atom stereocenters. The van der Waals surface area contributed by atoms with Crippen LogP contribution in [0.25, 0.3) is 11.0 Å². The number of nitriles is 1. The van der Waals surface area contributed by atoms with Crippen LogP contribution in [-0.2, 0) is 4.79 Å². The number of aromatic amines is 1. The maximum atomic E-state index is 12.1. The molecule has 0 fully saturated rings. The lowest BCUT2D eigenvalue weighted by atomic mass is 10.2. The zero-order valence-electron chi connectivity index (χ0n) is 12.4. The summed E-state index contributed by atoms with van der Waals surface area (Å²) in [6.07, 6.45) is 2.92. The summed E-state index contributed by atoms with van der Waals surface area (Å²) in [6.45, 7) is 0. The van der Waals surface area contributed by atoms with E-state index in [1.54, 1.807) is 24.5 Å². The molecule has 0 aliphatic heterocycles. The molecule has 4 N–H and O–H groups in total. The van der Waals surface area contributed by atoms with E-state index in [1.165, 1.54) is 18.3 Å². The average Bonchev–Trinajstić information content (AvgIpc) is 3.03. The molecule has 0 aliphatic carbocycles. The Labute approximate surface area is 137 Å². The molecule has 0 aliphatic rings. The van der Waals surface area contributed by atoms with Gasteiger partial charge in [-0.25, -0.2) is 4.98 Å². The third-order valence-electron chi connectivity index (χ3n) is 3.27. The molecular weight excluding hydrogens is 306 g/mol. The number of amides is 1. The molecule has 0 saturated heterocycles. The molecule has 3 aromatic rings. The number of H-pyrrole nitrogens is 1. The summed E-state index contributed by atoms with van der Waals surface area (Å²) in [5.74, 6) is -0.542. The van der Waals surface area contributed by atoms with Gasteiger partial charge in [-0.15, -0.1) is 0 Å². The molecule has 3 rings (SSSR count). The maximum Gasteiger partial charge on any atom is 0.267 e. The van der Waals surface area contributed by atoms with Gasteiger partial charge in [0.25, 0.3) is 5.91 Å². The van der Waals surface area contributed by atoms with Gasteiger partial charge < -0.3 is 20.7 Å². The van der Waals surface area contributed by atoms with Crippen molar-refractivity contribution in [1.82, 2.24) is 9.97 Å². The number of nitrogens with one attached hydrogen (secondary N) is 3. The molecule has 0 radical (unpaired) electrons. The Balaban J connectivity index is 1.73. The Bertz CT molecular complexity index is 968. The van der Waals surface area contributed by atoms with E-state index in [4.69, 9.17) is 5.26 Å². The van der Waals surface area contributed by atoms with E-state index in [9.17, 15) is 9.90 Å². The van der Waals surface area contributed by atoms with E-state index < -0.39 is 5.91 Å². The number of carbonyl (C=O) groups is 1. The van der Waals surface area contributed by atoms with Gasteiger partial charge in [0.05, 0.1) is 17.4 Å². The van der Waals surface area contributed by atoms with Gasteiger partial charge in [-0.1, -0.05) is 6.07 Å². The fourth-order valence-corrected chi connectivity index (χ4v) is 2.11. The molecular formula is C17H13N5O2. The predicted molar refractivity (Wildman–Crippen MR) is 90.1 cm³/mol. The van der Waals surface area contributed by atoms with Gasteiger partial charge in [-0.2, -0.15) is 5.26 Å². The number of nitrogens with zero attached hydrogens (tertiary/aromatic N) is 2. The summed E-state index contributed by atoms with van der Waals surface area (Å²) < 4.78 is 0. The number of hydrogen-bond donors (Lipinski definition) is 4. The van der Waals surface area contributed by atoms with Crippen molar-refractivity contribution < 1.29 is 9.90 Å². The van der Waals surface area contributed by atoms with Gasteiger partial charge >= 0.3 is 0 Å². The first-order valence-electron chi connectivity index (χ1n) is 7.06. The van der Waals surface area contributed by atoms with Crippen LogP contribution in [0.2, 0.25) is 0 Å². The van der Waals surface area contributed by atoms with E-state index in [1.807, 2.05) is 18.2 Å². The summed E-state index contributed by atoms with van der Waals surface area (Å²) in [5.41, 5.74) is 2.69. The molecule has 0 atom stereocenters. The second-order valence-electron chi connectivity index (χ2n) is 4.95. The third kappa shape index (κ3) is 3.34.